The molecule has 0 aliphatic carbocycles. The van der Waals surface area contributed by atoms with Gasteiger partial charge in [-0.2, -0.15) is 0 Å². The lowest BCUT2D eigenvalue weighted by atomic mass is 9.79. The number of carboxylic acid groups (broad SMARTS) is 1. The zero-order valence-corrected chi connectivity index (χ0v) is 18.8. The van der Waals surface area contributed by atoms with Crippen LogP contribution in [0.15, 0.2) is 18.2 Å². The van der Waals surface area contributed by atoms with E-state index in [1.165, 1.54) is 21.0 Å². The van der Waals surface area contributed by atoms with Crippen LogP contribution in [0.2, 0.25) is 0 Å². The minimum absolute atomic E-state index is 0.0456. The van der Waals surface area contributed by atoms with E-state index in [4.69, 9.17) is 5.11 Å². The number of likely N-dealkylation sites (tertiary alicyclic amines) is 1. The van der Waals surface area contributed by atoms with Crippen LogP contribution in [0.5, 0.6) is 0 Å². The second-order valence-corrected chi connectivity index (χ2v) is 10.8. The fraction of sp³-hybridized carbons (Fsp3) is 0.619. The summed E-state index contributed by atoms with van der Waals surface area (Å²) in [5.74, 6) is -0.918. The van der Waals surface area contributed by atoms with Crippen molar-refractivity contribution in [1.29, 1.82) is 0 Å². The molecule has 2 aliphatic heterocycles. The molecule has 2 saturated heterocycles. The van der Waals surface area contributed by atoms with E-state index in [2.05, 4.69) is 32.0 Å². The summed E-state index contributed by atoms with van der Waals surface area (Å²) in [6, 6.07) is 6.42. The Morgan fingerprint density at radius 3 is 2.10 bits per heavy atom. The van der Waals surface area contributed by atoms with Crippen LogP contribution < -0.4 is 5.48 Å². The predicted octanol–water partition coefficient (Wildman–Crippen LogP) is 2.08. The van der Waals surface area contributed by atoms with Crippen LogP contribution in [0, 0.1) is 19.3 Å². The molecular weight excluding hydrogens is 422 g/mol. The molecule has 10 heteroatoms. The molecular formula is C21H31N3O6S. The van der Waals surface area contributed by atoms with Crippen LogP contribution in [-0.4, -0.2) is 71.9 Å². The Balaban J connectivity index is 1.69. The van der Waals surface area contributed by atoms with Crippen molar-refractivity contribution in [3.63, 3.8) is 0 Å². The van der Waals surface area contributed by atoms with Crippen molar-refractivity contribution in [2.45, 2.75) is 45.4 Å². The highest BCUT2D eigenvalue weighted by atomic mass is 32.2. The van der Waals surface area contributed by atoms with Gasteiger partial charge in [-0.05, 0) is 51.0 Å². The largest absolute Gasteiger partial charge is 0.465 e. The van der Waals surface area contributed by atoms with E-state index in [9.17, 15) is 23.2 Å². The molecule has 0 saturated carbocycles. The zero-order valence-electron chi connectivity index (χ0n) is 18.0. The van der Waals surface area contributed by atoms with Gasteiger partial charge in [0.2, 0.25) is 10.0 Å². The van der Waals surface area contributed by atoms with Gasteiger partial charge in [0.25, 0.3) is 5.91 Å². The normalized spacial score (nSPS) is 20.4. The number of amides is 2. The molecule has 2 fully saturated rings. The van der Waals surface area contributed by atoms with Gasteiger partial charge in [0.1, 0.15) is 0 Å². The smallest absolute Gasteiger partial charge is 0.407 e. The van der Waals surface area contributed by atoms with E-state index in [0.29, 0.717) is 31.8 Å². The predicted molar refractivity (Wildman–Crippen MR) is 114 cm³/mol. The van der Waals surface area contributed by atoms with Gasteiger partial charge in [0.15, 0.2) is 0 Å². The second kappa shape index (κ2) is 9.13. The molecule has 0 radical (unpaired) electrons. The standard InChI is InChI=1S/C21H31N3O6S/c1-15-11-16(2)13-18(12-15)17-3-7-24(8-4-17)31(29,30)14-21(19(25)22-28)5-9-23(10-6-21)20(26)27/h11-13,17,28H,3-10,14H2,1-2H3,(H,22,25)(H,26,27). The minimum Gasteiger partial charge on any atom is -0.465 e. The maximum absolute atomic E-state index is 13.2. The molecule has 3 rings (SSSR count). The number of hydrogen-bond donors (Lipinski definition) is 3. The highest BCUT2D eigenvalue weighted by Gasteiger charge is 2.47. The summed E-state index contributed by atoms with van der Waals surface area (Å²) >= 11 is 0. The van der Waals surface area contributed by atoms with Crippen molar-refractivity contribution in [2.24, 2.45) is 5.41 Å². The highest BCUT2D eigenvalue weighted by molar-refractivity contribution is 7.89. The lowest BCUT2D eigenvalue weighted by molar-refractivity contribution is -0.141. The van der Waals surface area contributed by atoms with Gasteiger partial charge in [-0.25, -0.2) is 23.0 Å². The summed E-state index contributed by atoms with van der Waals surface area (Å²) in [5, 5.41) is 18.3. The lowest BCUT2D eigenvalue weighted by Crippen LogP contribution is -2.54. The summed E-state index contributed by atoms with van der Waals surface area (Å²) in [6.07, 6.45) is 0.394. The number of benzene rings is 1. The van der Waals surface area contributed by atoms with Crippen molar-refractivity contribution in [3.8, 4) is 0 Å². The fourth-order valence-electron chi connectivity index (χ4n) is 4.83. The number of piperidine rings is 2. The molecule has 0 spiro atoms. The van der Waals surface area contributed by atoms with E-state index in [0.717, 1.165) is 4.90 Å². The maximum Gasteiger partial charge on any atom is 0.407 e. The molecule has 172 valence electrons. The number of carbonyl (C=O) groups is 2. The highest BCUT2D eigenvalue weighted by Crippen LogP contribution is 2.36. The molecule has 0 aromatic heterocycles. The van der Waals surface area contributed by atoms with Gasteiger partial charge in [-0.1, -0.05) is 29.3 Å². The van der Waals surface area contributed by atoms with Crippen LogP contribution in [0.25, 0.3) is 0 Å². The lowest BCUT2D eigenvalue weighted by Gasteiger charge is -2.40. The Bertz CT molecular complexity index is 912. The third kappa shape index (κ3) is 5.19. The number of hydroxylamine groups is 1. The first-order valence-corrected chi connectivity index (χ1v) is 12.2. The Kier molecular flexibility index (Phi) is 6.92. The quantitative estimate of drug-likeness (QED) is 0.463. The van der Waals surface area contributed by atoms with Crippen molar-refractivity contribution < 1.29 is 28.3 Å². The summed E-state index contributed by atoms with van der Waals surface area (Å²) in [4.78, 5) is 24.8. The SMILES string of the molecule is Cc1cc(C)cc(C2CCN(S(=O)(=O)CC3(C(=O)NO)CCN(C(=O)O)CC3)CC2)c1. The van der Waals surface area contributed by atoms with Crippen molar-refractivity contribution >= 4 is 22.0 Å². The van der Waals surface area contributed by atoms with Gasteiger partial charge in [-0.3, -0.25) is 10.0 Å². The van der Waals surface area contributed by atoms with Gasteiger partial charge >= 0.3 is 6.09 Å². The summed E-state index contributed by atoms with van der Waals surface area (Å²) in [7, 11) is -3.76. The number of rotatable bonds is 5. The van der Waals surface area contributed by atoms with Gasteiger partial charge in [-0.15, -0.1) is 0 Å². The molecule has 2 amide bonds. The summed E-state index contributed by atoms with van der Waals surface area (Å²) in [6.45, 7) is 4.95. The van der Waals surface area contributed by atoms with E-state index >= 15 is 0 Å². The molecule has 1 aromatic rings. The average molecular weight is 454 g/mol. The first-order chi connectivity index (χ1) is 14.6. The van der Waals surface area contributed by atoms with Crippen LogP contribution in [0.3, 0.4) is 0 Å². The summed E-state index contributed by atoms with van der Waals surface area (Å²) in [5.41, 5.74) is 3.86. The molecule has 2 aliphatic rings. The first-order valence-electron chi connectivity index (χ1n) is 10.5. The number of aryl methyl sites for hydroxylation is 2. The van der Waals surface area contributed by atoms with E-state index in [-0.39, 0.29) is 25.9 Å². The van der Waals surface area contributed by atoms with Crippen LogP contribution in [0.1, 0.15) is 48.3 Å². The van der Waals surface area contributed by atoms with Crippen LogP contribution in [0.4, 0.5) is 4.79 Å². The Morgan fingerprint density at radius 1 is 1.06 bits per heavy atom. The van der Waals surface area contributed by atoms with Crippen molar-refractivity contribution in [2.75, 3.05) is 31.9 Å². The molecule has 3 N–H and O–H groups in total. The third-order valence-corrected chi connectivity index (χ3v) is 8.67. The number of hydrogen-bond acceptors (Lipinski definition) is 5. The first kappa shape index (κ1) is 23.5. The average Bonchev–Trinajstić information content (AvgIpc) is 2.72. The molecule has 2 heterocycles. The minimum atomic E-state index is -3.76. The zero-order chi connectivity index (χ0) is 22.8. The molecule has 31 heavy (non-hydrogen) atoms. The van der Waals surface area contributed by atoms with Gasteiger partial charge in [0, 0.05) is 26.2 Å². The number of nitrogens with zero attached hydrogens (tertiary/aromatic N) is 2. The fourth-order valence-corrected chi connectivity index (χ4v) is 6.90. The molecule has 0 unspecified atom stereocenters. The molecule has 1 aromatic carbocycles. The Hall–Kier alpha value is -2.17. The maximum atomic E-state index is 13.2. The van der Waals surface area contributed by atoms with E-state index in [1.54, 1.807) is 5.48 Å². The Labute approximate surface area is 183 Å². The topological polar surface area (TPSA) is 127 Å². The van der Waals surface area contributed by atoms with Crippen LogP contribution >= 0.6 is 0 Å². The van der Waals surface area contributed by atoms with Crippen LogP contribution in [-0.2, 0) is 14.8 Å². The van der Waals surface area contributed by atoms with Gasteiger partial charge < -0.3 is 10.0 Å². The molecule has 9 nitrogen and oxygen atoms in total. The van der Waals surface area contributed by atoms with E-state index in [1.807, 2.05) is 0 Å². The van der Waals surface area contributed by atoms with E-state index < -0.39 is 33.2 Å². The number of sulfonamides is 1. The van der Waals surface area contributed by atoms with Crippen molar-refractivity contribution in [1.82, 2.24) is 14.7 Å². The number of nitrogens with one attached hydrogen (secondary N) is 1. The monoisotopic (exact) mass is 453 g/mol. The third-order valence-electron chi connectivity index (χ3n) is 6.60. The van der Waals surface area contributed by atoms with Gasteiger partial charge in [0.05, 0.1) is 11.2 Å². The molecule has 0 bridgehead atoms. The molecule has 0 atom stereocenters. The summed E-state index contributed by atoms with van der Waals surface area (Å²) < 4.78 is 27.8. The second-order valence-electron chi connectivity index (χ2n) is 8.84. The number of carbonyl (C=O) groups excluding carboxylic acids is 1. The van der Waals surface area contributed by atoms with Crippen molar-refractivity contribution in [3.05, 3.63) is 34.9 Å². The Morgan fingerprint density at radius 2 is 1.61 bits per heavy atom.